The van der Waals surface area contributed by atoms with Crippen molar-refractivity contribution in [3.8, 4) is 5.75 Å². The fraction of sp³-hybridized carbons (Fsp3) is 0.333. The number of ether oxygens (including phenoxy) is 1. The van der Waals surface area contributed by atoms with E-state index in [-0.39, 0.29) is 25.1 Å². The summed E-state index contributed by atoms with van der Waals surface area (Å²) in [6.07, 6.45) is 1.92. The van der Waals surface area contributed by atoms with Gasteiger partial charge >= 0.3 is 0 Å². The van der Waals surface area contributed by atoms with Crippen LogP contribution in [-0.4, -0.2) is 39.5 Å². The van der Waals surface area contributed by atoms with Crippen LogP contribution in [0.4, 0.5) is 0 Å². The number of aromatic nitrogens is 2. The van der Waals surface area contributed by atoms with Crippen molar-refractivity contribution in [2.75, 3.05) is 13.1 Å². The second-order valence-corrected chi connectivity index (χ2v) is 7.52. The Bertz CT molecular complexity index is 970. The molecule has 0 bridgehead atoms. The maximum absolute atomic E-state index is 12.9. The summed E-state index contributed by atoms with van der Waals surface area (Å²) in [4.78, 5) is 19.4. The number of piperidine rings is 1. The van der Waals surface area contributed by atoms with Crippen LogP contribution in [0.15, 0.2) is 48.5 Å². The molecule has 1 atom stereocenters. The minimum Gasteiger partial charge on any atom is -0.486 e. The summed E-state index contributed by atoms with van der Waals surface area (Å²) >= 11 is 5.93. The lowest BCUT2D eigenvalue weighted by Crippen LogP contribution is -2.46. The van der Waals surface area contributed by atoms with Gasteiger partial charge in [-0.3, -0.25) is 4.79 Å². The fourth-order valence-electron chi connectivity index (χ4n) is 3.56. The summed E-state index contributed by atoms with van der Waals surface area (Å²) in [6, 6.07) is 15.1. The Morgan fingerprint density at radius 1 is 1.21 bits per heavy atom. The summed E-state index contributed by atoms with van der Waals surface area (Å²) in [6.45, 7) is 1.87. The van der Waals surface area contributed by atoms with Gasteiger partial charge in [-0.25, -0.2) is 4.98 Å². The number of amides is 1. The van der Waals surface area contributed by atoms with Gasteiger partial charge in [0.2, 0.25) is 5.91 Å². The molecule has 28 heavy (non-hydrogen) atoms. The Morgan fingerprint density at radius 3 is 2.79 bits per heavy atom. The van der Waals surface area contributed by atoms with Crippen LogP contribution in [0.2, 0.25) is 5.02 Å². The van der Waals surface area contributed by atoms with Crippen LogP contribution >= 0.6 is 11.6 Å². The van der Waals surface area contributed by atoms with Gasteiger partial charge in [0.25, 0.3) is 0 Å². The van der Waals surface area contributed by atoms with E-state index in [4.69, 9.17) is 22.1 Å². The first-order valence-electron chi connectivity index (χ1n) is 9.46. The average molecular weight is 399 g/mol. The highest BCUT2D eigenvalue weighted by Gasteiger charge is 2.23. The molecule has 0 radical (unpaired) electrons. The van der Waals surface area contributed by atoms with Gasteiger partial charge in [0.1, 0.15) is 24.7 Å². The molecule has 0 unspecified atom stereocenters. The van der Waals surface area contributed by atoms with E-state index in [1.807, 2.05) is 45.9 Å². The quantitative estimate of drug-likeness (QED) is 0.716. The number of fused-ring (bicyclic) bond motifs is 1. The molecule has 0 saturated carbocycles. The van der Waals surface area contributed by atoms with Gasteiger partial charge in [-0.15, -0.1) is 0 Å². The number of carbonyl (C=O) groups excluding carboxylic acids is 1. The third kappa shape index (κ3) is 4.13. The maximum atomic E-state index is 12.9. The van der Waals surface area contributed by atoms with E-state index >= 15 is 0 Å². The van der Waals surface area contributed by atoms with Crippen LogP contribution in [-0.2, 0) is 17.9 Å². The number of benzene rings is 2. The first-order valence-corrected chi connectivity index (χ1v) is 9.84. The van der Waals surface area contributed by atoms with Gasteiger partial charge in [-0.1, -0.05) is 23.7 Å². The monoisotopic (exact) mass is 398 g/mol. The highest BCUT2D eigenvalue weighted by molar-refractivity contribution is 6.30. The minimum absolute atomic E-state index is 0.0601. The average Bonchev–Trinajstić information content (AvgIpc) is 3.05. The van der Waals surface area contributed by atoms with Crippen molar-refractivity contribution >= 4 is 28.5 Å². The molecule has 146 valence electrons. The third-order valence-electron chi connectivity index (χ3n) is 5.02. The number of imidazole rings is 1. The second kappa shape index (κ2) is 8.20. The van der Waals surface area contributed by atoms with Gasteiger partial charge in [-0.2, -0.15) is 0 Å². The number of hydrogen-bond acceptors (Lipinski definition) is 4. The highest BCUT2D eigenvalue weighted by Crippen LogP contribution is 2.20. The molecule has 1 aliphatic heterocycles. The van der Waals surface area contributed by atoms with Crippen LogP contribution in [0.5, 0.6) is 5.75 Å². The smallest absolute Gasteiger partial charge is 0.242 e. The molecule has 1 aromatic heterocycles. The fourth-order valence-corrected chi connectivity index (χ4v) is 3.69. The number of carbonyl (C=O) groups is 1. The zero-order chi connectivity index (χ0) is 19.5. The maximum Gasteiger partial charge on any atom is 0.242 e. The number of para-hydroxylation sites is 2. The number of likely N-dealkylation sites (tertiary alicyclic amines) is 1. The predicted molar refractivity (Wildman–Crippen MR) is 109 cm³/mol. The Hall–Kier alpha value is -2.57. The molecule has 2 aromatic carbocycles. The normalized spacial score (nSPS) is 17.1. The molecule has 0 aliphatic carbocycles. The van der Waals surface area contributed by atoms with E-state index in [9.17, 15) is 4.79 Å². The van der Waals surface area contributed by atoms with Crippen molar-refractivity contribution in [2.24, 2.45) is 5.73 Å². The molecule has 1 saturated heterocycles. The molecule has 2 heterocycles. The third-order valence-corrected chi connectivity index (χ3v) is 5.27. The van der Waals surface area contributed by atoms with E-state index < -0.39 is 0 Å². The molecule has 2 N–H and O–H groups in total. The standard InChI is InChI=1S/C21H23ClN4O2/c22-15-7-9-17(10-8-15)28-14-20-24-18-5-1-2-6-19(18)26(20)13-21(27)25-11-3-4-16(23)12-25/h1-2,5-10,16H,3-4,11-14,23H2/t16-/m1/s1. The molecule has 3 aromatic rings. The zero-order valence-electron chi connectivity index (χ0n) is 15.6. The lowest BCUT2D eigenvalue weighted by atomic mass is 10.1. The molecule has 4 rings (SSSR count). The summed E-state index contributed by atoms with van der Waals surface area (Å²) in [5, 5.41) is 0.657. The van der Waals surface area contributed by atoms with Crippen molar-refractivity contribution in [2.45, 2.75) is 32.0 Å². The summed E-state index contributed by atoms with van der Waals surface area (Å²) in [5.74, 6) is 1.48. The van der Waals surface area contributed by atoms with Crippen LogP contribution in [0.25, 0.3) is 11.0 Å². The van der Waals surface area contributed by atoms with Crippen LogP contribution < -0.4 is 10.5 Å². The molecule has 1 aliphatic rings. The largest absolute Gasteiger partial charge is 0.486 e. The van der Waals surface area contributed by atoms with Gasteiger partial charge in [-0.05, 0) is 49.2 Å². The Labute approximate surface area is 168 Å². The van der Waals surface area contributed by atoms with Gasteiger partial charge in [0, 0.05) is 24.2 Å². The zero-order valence-corrected chi connectivity index (χ0v) is 16.3. The number of hydrogen-bond donors (Lipinski definition) is 1. The molecule has 1 fully saturated rings. The van der Waals surface area contributed by atoms with E-state index in [2.05, 4.69) is 4.98 Å². The molecule has 7 heteroatoms. The predicted octanol–water partition coefficient (Wildman–Crippen LogP) is 3.22. The molecular formula is C21H23ClN4O2. The van der Waals surface area contributed by atoms with Gasteiger partial charge in [0.05, 0.1) is 11.0 Å². The first kappa shape index (κ1) is 18.8. The van der Waals surface area contributed by atoms with Gasteiger partial charge in [0.15, 0.2) is 0 Å². The lowest BCUT2D eigenvalue weighted by molar-refractivity contribution is -0.133. The second-order valence-electron chi connectivity index (χ2n) is 7.09. The number of halogens is 1. The van der Waals surface area contributed by atoms with E-state index in [0.29, 0.717) is 23.1 Å². The first-order chi connectivity index (χ1) is 13.6. The molecule has 1 amide bonds. The van der Waals surface area contributed by atoms with Crippen molar-refractivity contribution < 1.29 is 9.53 Å². The molecular weight excluding hydrogens is 376 g/mol. The summed E-state index contributed by atoms with van der Waals surface area (Å²) in [7, 11) is 0. The number of nitrogens with two attached hydrogens (primary N) is 1. The van der Waals surface area contributed by atoms with Gasteiger partial charge < -0.3 is 19.9 Å². The Balaban J connectivity index is 1.56. The van der Waals surface area contributed by atoms with Crippen LogP contribution in [0.1, 0.15) is 18.7 Å². The molecule has 0 spiro atoms. The van der Waals surface area contributed by atoms with Crippen molar-refractivity contribution in [1.82, 2.24) is 14.5 Å². The minimum atomic E-state index is 0.0601. The lowest BCUT2D eigenvalue weighted by Gasteiger charge is -2.31. The SMILES string of the molecule is N[C@@H]1CCCN(C(=O)Cn2c(COc3ccc(Cl)cc3)nc3ccccc32)C1. The molecule has 6 nitrogen and oxygen atoms in total. The van der Waals surface area contributed by atoms with Crippen molar-refractivity contribution in [3.05, 3.63) is 59.4 Å². The topological polar surface area (TPSA) is 73.4 Å². The van der Waals surface area contributed by atoms with Crippen LogP contribution in [0.3, 0.4) is 0 Å². The highest BCUT2D eigenvalue weighted by atomic mass is 35.5. The van der Waals surface area contributed by atoms with Crippen molar-refractivity contribution in [1.29, 1.82) is 0 Å². The van der Waals surface area contributed by atoms with Crippen LogP contribution in [0, 0.1) is 0 Å². The van der Waals surface area contributed by atoms with E-state index in [1.165, 1.54) is 0 Å². The van der Waals surface area contributed by atoms with E-state index in [1.54, 1.807) is 12.1 Å². The summed E-state index contributed by atoms with van der Waals surface area (Å²) < 4.78 is 7.81. The Morgan fingerprint density at radius 2 is 2.00 bits per heavy atom. The van der Waals surface area contributed by atoms with Crippen molar-refractivity contribution in [3.63, 3.8) is 0 Å². The summed E-state index contributed by atoms with van der Waals surface area (Å²) in [5.41, 5.74) is 7.81. The number of nitrogens with zero attached hydrogens (tertiary/aromatic N) is 3. The van der Waals surface area contributed by atoms with E-state index in [0.717, 1.165) is 30.4 Å². The number of rotatable bonds is 5. The Kier molecular flexibility index (Phi) is 5.50.